The third-order valence-electron chi connectivity index (χ3n) is 6.98. The molecule has 0 spiro atoms. The molecule has 6 nitrogen and oxygen atoms in total. The molecule has 1 unspecified atom stereocenters. The lowest BCUT2D eigenvalue weighted by molar-refractivity contribution is -0.139. The van der Waals surface area contributed by atoms with Crippen molar-refractivity contribution in [2.45, 2.75) is 26.4 Å². The molecular weight excluding hydrogens is 542 g/mol. The topological polar surface area (TPSA) is 65.6 Å². The Morgan fingerprint density at radius 3 is 2.62 bits per heavy atom. The van der Waals surface area contributed by atoms with Gasteiger partial charge in [-0.2, -0.15) is 0 Å². The van der Waals surface area contributed by atoms with Gasteiger partial charge in [-0.1, -0.05) is 83.6 Å². The van der Waals surface area contributed by atoms with Gasteiger partial charge in [0.05, 0.1) is 28.5 Å². The van der Waals surface area contributed by atoms with E-state index < -0.39 is 12.0 Å². The number of para-hydroxylation sites is 1. The fraction of sp³-hybridized carbons (Fsp3) is 0.156. The zero-order valence-corrected chi connectivity index (χ0v) is 23.6. The fourth-order valence-corrected chi connectivity index (χ4v) is 6.49. The smallest absolute Gasteiger partial charge is 0.338 e. The van der Waals surface area contributed by atoms with Crippen molar-refractivity contribution in [3.63, 3.8) is 0 Å². The maximum Gasteiger partial charge on any atom is 0.338 e. The number of nitrogens with zero attached hydrogens (tertiary/aromatic N) is 3. The molecule has 3 heterocycles. The van der Waals surface area contributed by atoms with E-state index in [1.807, 2.05) is 72.8 Å². The van der Waals surface area contributed by atoms with Crippen molar-refractivity contribution in [2.75, 3.05) is 6.61 Å². The summed E-state index contributed by atoms with van der Waals surface area (Å²) in [6.07, 6.45) is 3.99. The molecule has 0 saturated carbocycles. The average Bonchev–Trinajstić information content (AvgIpc) is 3.45. The standard InChI is InChI=1S/C32H26ClN3O3S/c1-3-39-31(38)28-20(2)34-32-36(29(28)22-11-5-4-6-12-22)30(37)27(40-32)17-23-19-35(26-15-8-7-14-25(23)26)18-21-10-9-13-24(33)16-21/h4-17,19,29H,3,18H2,1-2H3. The van der Waals surface area contributed by atoms with Crippen molar-refractivity contribution in [2.24, 2.45) is 4.99 Å². The van der Waals surface area contributed by atoms with Gasteiger partial charge in [-0.25, -0.2) is 9.79 Å². The Morgan fingerprint density at radius 1 is 1.07 bits per heavy atom. The summed E-state index contributed by atoms with van der Waals surface area (Å²) in [6, 6.07) is 24.9. The zero-order valence-electron chi connectivity index (χ0n) is 22.0. The van der Waals surface area contributed by atoms with Crippen molar-refractivity contribution in [3.05, 3.63) is 138 Å². The first-order chi connectivity index (χ1) is 19.4. The number of carbonyl (C=O) groups excluding carboxylic acids is 1. The third-order valence-corrected chi connectivity index (χ3v) is 8.20. The quantitative estimate of drug-likeness (QED) is 0.256. The lowest BCUT2D eigenvalue weighted by Gasteiger charge is -2.24. The van der Waals surface area contributed by atoms with Crippen LogP contribution in [0.25, 0.3) is 17.0 Å². The van der Waals surface area contributed by atoms with Crippen LogP contribution in [0.2, 0.25) is 5.02 Å². The normalized spacial score (nSPS) is 15.3. The van der Waals surface area contributed by atoms with Crippen LogP contribution in [0.15, 0.2) is 106 Å². The number of benzene rings is 3. The van der Waals surface area contributed by atoms with Gasteiger partial charge in [0, 0.05) is 34.2 Å². The van der Waals surface area contributed by atoms with E-state index in [2.05, 4.69) is 27.9 Å². The molecule has 0 aliphatic carbocycles. The van der Waals surface area contributed by atoms with E-state index in [4.69, 9.17) is 16.3 Å². The number of hydrogen-bond acceptors (Lipinski definition) is 5. The van der Waals surface area contributed by atoms with Crippen LogP contribution in [0.3, 0.4) is 0 Å². The van der Waals surface area contributed by atoms with E-state index in [0.717, 1.165) is 27.6 Å². The van der Waals surface area contributed by atoms with Gasteiger partial charge in [-0.15, -0.1) is 0 Å². The summed E-state index contributed by atoms with van der Waals surface area (Å²) in [4.78, 5) is 32.3. The summed E-state index contributed by atoms with van der Waals surface area (Å²) in [6.45, 7) is 4.44. The number of allylic oxidation sites excluding steroid dienone is 1. The number of thiazole rings is 1. The van der Waals surface area contributed by atoms with Gasteiger partial charge >= 0.3 is 5.97 Å². The number of carbonyl (C=O) groups is 1. The van der Waals surface area contributed by atoms with Crippen molar-refractivity contribution < 1.29 is 9.53 Å². The molecule has 3 aromatic carbocycles. The number of aromatic nitrogens is 2. The molecule has 6 rings (SSSR count). The van der Waals surface area contributed by atoms with E-state index in [0.29, 0.717) is 32.2 Å². The second-order valence-electron chi connectivity index (χ2n) is 9.57. The predicted molar refractivity (Wildman–Crippen MR) is 159 cm³/mol. The molecule has 40 heavy (non-hydrogen) atoms. The zero-order chi connectivity index (χ0) is 27.8. The van der Waals surface area contributed by atoms with Gasteiger partial charge in [0.25, 0.3) is 5.56 Å². The van der Waals surface area contributed by atoms with Crippen molar-refractivity contribution in [1.82, 2.24) is 9.13 Å². The number of ether oxygens (including phenoxy) is 1. The number of rotatable bonds is 6. The first kappa shape index (κ1) is 26.0. The van der Waals surface area contributed by atoms with E-state index in [1.54, 1.807) is 18.4 Å². The molecule has 200 valence electrons. The Kier molecular flexibility index (Phi) is 7.00. The van der Waals surface area contributed by atoms with Gasteiger partial charge < -0.3 is 9.30 Å². The summed E-state index contributed by atoms with van der Waals surface area (Å²) in [5.41, 5.74) is 4.64. The highest BCUT2D eigenvalue weighted by Gasteiger charge is 2.33. The van der Waals surface area contributed by atoms with Crippen LogP contribution in [-0.2, 0) is 16.1 Å². The third kappa shape index (κ3) is 4.72. The monoisotopic (exact) mass is 567 g/mol. The summed E-state index contributed by atoms with van der Waals surface area (Å²) in [5.74, 6) is -0.462. The molecule has 1 atom stereocenters. The first-order valence-corrected chi connectivity index (χ1v) is 14.2. The minimum absolute atomic E-state index is 0.196. The molecule has 0 radical (unpaired) electrons. The number of halogens is 1. The maximum atomic E-state index is 14.0. The van der Waals surface area contributed by atoms with Crippen LogP contribution >= 0.6 is 22.9 Å². The number of esters is 1. The van der Waals surface area contributed by atoms with E-state index >= 15 is 0 Å². The van der Waals surface area contributed by atoms with Crippen LogP contribution in [0.5, 0.6) is 0 Å². The molecule has 0 bridgehead atoms. The molecule has 0 fully saturated rings. The molecule has 5 aromatic rings. The van der Waals surface area contributed by atoms with E-state index in [9.17, 15) is 9.59 Å². The average molecular weight is 568 g/mol. The van der Waals surface area contributed by atoms with Gasteiger partial charge in [-0.05, 0) is 49.2 Å². The van der Waals surface area contributed by atoms with E-state index in [-0.39, 0.29) is 12.2 Å². The highest BCUT2D eigenvalue weighted by atomic mass is 35.5. The summed E-state index contributed by atoms with van der Waals surface area (Å²) in [7, 11) is 0. The first-order valence-electron chi connectivity index (χ1n) is 13.0. The van der Waals surface area contributed by atoms with Gasteiger partial charge in [0.15, 0.2) is 4.80 Å². The Labute approximate surface area is 239 Å². The second kappa shape index (κ2) is 10.8. The molecule has 1 aliphatic heterocycles. The molecule has 1 aliphatic rings. The molecule has 0 N–H and O–H groups in total. The minimum Gasteiger partial charge on any atom is -0.463 e. The predicted octanol–water partition coefficient (Wildman–Crippen LogP) is 5.45. The molecular formula is C32H26ClN3O3S. The fourth-order valence-electron chi connectivity index (χ4n) is 5.24. The molecule has 0 amide bonds. The largest absolute Gasteiger partial charge is 0.463 e. The lowest BCUT2D eigenvalue weighted by atomic mass is 9.96. The Hall–Kier alpha value is -4.20. The highest BCUT2D eigenvalue weighted by Crippen LogP contribution is 2.30. The minimum atomic E-state index is -0.622. The highest BCUT2D eigenvalue weighted by molar-refractivity contribution is 7.07. The van der Waals surface area contributed by atoms with Gasteiger partial charge in [-0.3, -0.25) is 9.36 Å². The lowest BCUT2D eigenvalue weighted by Crippen LogP contribution is -2.39. The number of hydrogen-bond donors (Lipinski definition) is 0. The van der Waals surface area contributed by atoms with Crippen LogP contribution in [-0.4, -0.2) is 21.7 Å². The van der Waals surface area contributed by atoms with Crippen molar-refractivity contribution in [3.8, 4) is 0 Å². The van der Waals surface area contributed by atoms with Crippen LogP contribution in [0.4, 0.5) is 0 Å². The molecule has 2 aromatic heterocycles. The van der Waals surface area contributed by atoms with Crippen LogP contribution in [0, 0.1) is 0 Å². The van der Waals surface area contributed by atoms with E-state index in [1.165, 1.54) is 11.3 Å². The van der Waals surface area contributed by atoms with Gasteiger partial charge in [0.1, 0.15) is 0 Å². The SMILES string of the molecule is CCOC(=O)C1=C(C)N=c2sc(=Cc3cn(Cc4cccc(Cl)c4)c4ccccc34)c(=O)n2C1c1ccccc1. The summed E-state index contributed by atoms with van der Waals surface area (Å²) < 4.78 is 9.71. The van der Waals surface area contributed by atoms with Crippen LogP contribution < -0.4 is 14.9 Å². The van der Waals surface area contributed by atoms with Crippen LogP contribution in [0.1, 0.15) is 36.6 Å². The molecule has 0 saturated heterocycles. The second-order valence-corrected chi connectivity index (χ2v) is 11.0. The summed E-state index contributed by atoms with van der Waals surface area (Å²) >= 11 is 7.56. The van der Waals surface area contributed by atoms with Crippen molar-refractivity contribution >= 4 is 45.9 Å². The Bertz CT molecular complexity index is 1970. The van der Waals surface area contributed by atoms with Gasteiger partial charge in [0.2, 0.25) is 0 Å². The van der Waals surface area contributed by atoms with Crippen molar-refractivity contribution in [1.29, 1.82) is 0 Å². The Morgan fingerprint density at radius 2 is 1.85 bits per heavy atom. The maximum absolute atomic E-state index is 14.0. The summed E-state index contributed by atoms with van der Waals surface area (Å²) in [5, 5.41) is 1.74. The Balaban J connectivity index is 1.51. The molecule has 8 heteroatoms. The number of fused-ring (bicyclic) bond motifs is 2.